The van der Waals surface area contributed by atoms with E-state index in [1.807, 2.05) is 6.92 Å². The molecule has 3 saturated carbocycles. The van der Waals surface area contributed by atoms with Gasteiger partial charge in [-0.1, -0.05) is 52.4 Å². The van der Waals surface area contributed by atoms with E-state index in [0.717, 1.165) is 37.0 Å². The molecule has 1 unspecified atom stereocenters. The molecule has 31 heavy (non-hydrogen) atoms. The maximum Gasteiger partial charge on any atom is 0.319 e. The Morgan fingerprint density at radius 2 is 1.39 bits per heavy atom. The van der Waals surface area contributed by atoms with Gasteiger partial charge in [-0.15, -0.1) is 0 Å². The number of ether oxygens (including phenoxy) is 1. The van der Waals surface area contributed by atoms with Crippen molar-refractivity contribution in [1.82, 2.24) is 0 Å². The minimum Gasteiger partial charge on any atom is -0.465 e. The zero-order chi connectivity index (χ0) is 22.3. The molecule has 0 aromatic rings. The average Bonchev–Trinajstić information content (AvgIpc) is 2.80. The van der Waals surface area contributed by atoms with E-state index in [-0.39, 0.29) is 11.8 Å². The molecule has 3 aliphatic carbocycles. The van der Waals surface area contributed by atoms with Crippen molar-refractivity contribution >= 4 is 11.8 Å². The fraction of sp³-hybridized carbons (Fsp3) is 0.929. The van der Waals surface area contributed by atoms with Crippen LogP contribution >= 0.6 is 0 Å². The van der Waals surface area contributed by atoms with Gasteiger partial charge < -0.3 is 4.74 Å². The van der Waals surface area contributed by atoms with E-state index in [4.69, 9.17) is 4.74 Å². The fourth-order valence-electron chi connectivity index (χ4n) is 6.79. The molecular formula is C28H48O3. The number of carbonyl (C=O) groups is 2. The normalized spacial score (nSPS) is 36.9. The molecule has 2 atom stereocenters. The van der Waals surface area contributed by atoms with Crippen LogP contribution in [0.15, 0.2) is 0 Å². The predicted octanol–water partition coefficient (Wildman–Crippen LogP) is 7.51. The first-order chi connectivity index (χ1) is 15.0. The number of hydrogen-bond donors (Lipinski definition) is 0. The first-order valence-corrected chi connectivity index (χ1v) is 13.7. The van der Waals surface area contributed by atoms with Gasteiger partial charge in [0.05, 0.1) is 6.61 Å². The zero-order valence-corrected chi connectivity index (χ0v) is 20.6. The minimum absolute atomic E-state index is 0.137. The Labute approximate surface area is 191 Å². The summed E-state index contributed by atoms with van der Waals surface area (Å²) in [6.07, 6.45) is 19.6. The SMILES string of the molecule is CCCCOC(=O)[C@@]1(C)CCC(C2CCC([C@H]3CC[C@H](CCCC)CC3)CC2)CC1=O. The van der Waals surface area contributed by atoms with Gasteiger partial charge in [-0.3, -0.25) is 9.59 Å². The fourth-order valence-corrected chi connectivity index (χ4v) is 6.79. The Kier molecular flexibility index (Phi) is 9.47. The second-order valence-corrected chi connectivity index (χ2v) is 11.3. The Balaban J connectivity index is 1.41. The third-order valence-electron chi connectivity index (χ3n) is 9.27. The lowest BCUT2D eigenvalue weighted by atomic mass is 9.62. The summed E-state index contributed by atoms with van der Waals surface area (Å²) < 4.78 is 5.43. The summed E-state index contributed by atoms with van der Waals surface area (Å²) in [5.74, 6) is 3.95. The average molecular weight is 433 g/mol. The zero-order valence-electron chi connectivity index (χ0n) is 20.6. The van der Waals surface area contributed by atoms with Gasteiger partial charge in [0.15, 0.2) is 0 Å². The molecule has 0 amide bonds. The lowest BCUT2D eigenvalue weighted by Gasteiger charge is -2.42. The molecule has 0 aromatic heterocycles. The van der Waals surface area contributed by atoms with Crippen molar-refractivity contribution in [3.63, 3.8) is 0 Å². The topological polar surface area (TPSA) is 43.4 Å². The molecular weight excluding hydrogens is 384 g/mol. The quantitative estimate of drug-likeness (QED) is 0.215. The van der Waals surface area contributed by atoms with Crippen LogP contribution in [-0.2, 0) is 14.3 Å². The molecule has 0 radical (unpaired) electrons. The lowest BCUT2D eigenvalue weighted by molar-refractivity contribution is -0.162. The molecule has 0 spiro atoms. The number of rotatable bonds is 9. The van der Waals surface area contributed by atoms with Crippen LogP contribution in [0.4, 0.5) is 0 Å². The third-order valence-corrected chi connectivity index (χ3v) is 9.27. The van der Waals surface area contributed by atoms with Crippen molar-refractivity contribution in [3.8, 4) is 0 Å². The molecule has 3 rings (SSSR count). The van der Waals surface area contributed by atoms with Gasteiger partial charge >= 0.3 is 5.97 Å². The molecule has 0 bridgehead atoms. The van der Waals surface area contributed by atoms with E-state index in [2.05, 4.69) is 13.8 Å². The number of esters is 1. The molecule has 3 heteroatoms. The Morgan fingerprint density at radius 1 is 0.839 bits per heavy atom. The van der Waals surface area contributed by atoms with Crippen LogP contribution in [0.25, 0.3) is 0 Å². The molecule has 3 nitrogen and oxygen atoms in total. The van der Waals surface area contributed by atoms with Crippen molar-refractivity contribution < 1.29 is 14.3 Å². The largest absolute Gasteiger partial charge is 0.465 e. The molecule has 0 saturated heterocycles. The number of unbranched alkanes of at least 4 members (excludes halogenated alkanes) is 2. The van der Waals surface area contributed by atoms with Crippen molar-refractivity contribution in [2.45, 2.75) is 124 Å². The molecule has 178 valence electrons. The molecule has 3 aliphatic rings. The highest BCUT2D eigenvalue weighted by atomic mass is 16.5. The van der Waals surface area contributed by atoms with Crippen LogP contribution in [-0.4, -0.2) is 18.4 Å². The van der Waals surface area contributed by atoms with E-state index in [0.29, 0.717) is 31.3 Å². The molecule has 0 aromatic carbocycles. The highest BCUT2D eigenvalue weighted by Crippen LogP contribution is 2.47. The predicted molar refractivity (Wildman–Crippen MR) is 127 cm³/mol. The van der Waals surface area contributed by atoms with Gasteiger partial charge in [0.1, 0.15) is 11.2 Å². The van der Waals surface area contributed by atoms with E-state index >= 15 is 0 Å². The van der Waals surface area contributed by atoms with Crippen molar-refractivity contribution in [1.29, 1.82) is 0 Å². The maximum atomic E-state index is 13.0. The molecule has 0 aliphatic heterocycles. The number of hydrogen-bond acceptors (Lipinski definition) is 3. The van der Waals surface area contributed by atoms with Gasteiger partial charge in [0.25, 0.3) is 0 Å². The summed E-state index contributed by atoms with van der Waals surface area (Å²) in [5, 5.41) is 0. The van der Waals surface area contributed by atoms with Gasteiger partial charge in [0, 0.05) is 6.42 Å². The van der Waals surface area contributed by atoms with Gasteiger partial charge in [0.2, 0.25) is 0 Å². The Bertz CT molecular complexity index is 569. The highest BCUT2D eigenvalue weighted by Gasteiger charge is 2.47. The van der Waals surface area contributed by atoms with Crippen LogP contribution in [0.1, 0.15) is 124 Å². The van der Waals surface area contributed by atoms with Crippen LogP contribution < -0.4 is 0 Å². The Hall–Kier alpha value is -0.860. The maximum absolute atomic E-state index is 13.0. The van der Waals surface area contributed by atoms with E-state index < -0.39 is 5.41 Å². The van der Waals surface area contributed by atoms with Crippen LogP contribution in [0.3, 0.4) is 0 Å². The van der Waals surface area contributed by atoms with E-state index in [1.165, 1.54) is 70.6 Å². The first kappa shape index (κ1) is 24.8. The summed E-state index contributed by atoms with van der Waals surface area (Å²) in [5.41, 5.74) is -0.891. The first-order valence-electron chi connectivity index (χ1n) is 13.7. The van der Waals surface area contributed by atoms with Crippen molar-refractivity contribution in [3.05, 3.63) is 0 Å². The third kappa shape index (κ3) is 6.35. The summed E-state index contributed by atoms with van der Waals surface area (Å²) in [4.78, 5) is 25.5. The smallest absolute Gasteiger partial charge is 0.319 e. The molecule has 0 heterocycles. The van der Waals surface area contributed by atoms with Crippen LogP contribution in [0, 0.1) is 35.0 Å². The van der Waals surface area contributed by atoms with E-state index in [9.17, 15) is 9.59 Å². The number of carbonyl (C=O) groups excluding carboxylic acids is 2. The van der Waals surface area contributed by atoms with Crippen LogP contribution in [0.5, 0.6) is 0 Å². The van der Waals surface area contributed by atoms with E-state index in [1.54, 1.807) is 0 Å². The minimum atomic E-state index is -0.891. The van der Waals surface area contributed by atoms with Gasteiger partial charge in [-0.05, 0) is 94.3 Å². The molecule has 3 fully saturated rings. The number of Topliss-reactive ketones (excluding diaryl/α,β-unsaturated/α-hetero) is 1. The standard InChI is InChI=1S/C28H48O3/c1-4-6-8-21-9-11-22(12-10-21)23-13-15-24(16-14-23)25-17-18-28(3,26(29)20-25)27(30)31-19-7-5-2/h21-25H,4-20H2,1-3H3/t21-,22-,23?,24?,25?,28-/m0/s1. The van der Waals surface area contributed by atoms with Crippen molar-refractivity contribution in [2.24, 2.45) is 35.0 Å². The summed E-state index contributed by atoms with van der Waals surface area (Å²) >= 11 is 0. The van der Waals surface area contributed by atoms with Gasteiger partial charge in [-0.25, -0.2) is 0 Å². The highest BCUT2D eigenvalue weighted by molar-refractivity contribution is 6.04. The lowest BCUT2D eigenvalue weighted by Crippen LogP contribution is -2.44. The summed E-state index contributed by atoms with van der Waals surface area (Å²) in [6, 6.07) is 0. The monoisotopic (exact) mass is 432 g/mol. The number of ketones is 1. The Morgan fingerprint density at radius 3 is 1.94 bits per heavy atom. The van der Waals surface area contributed by atoms with Gasteiger partial charge in [-0.2, -0.15) is 0 Å². The summed E-state index contributed by atoms with van der Waals surface area (Å²) in [7, 11) is 0. The summed E-state index contributed by atoms with van der Waals surface area (Å²) in [6.45, 7) is 6.67. The van der Waals surface area contributed by atoms with Crippen molar-refractivity contribution in [2.75, 3.05) is 6.61 Å². The second-order valence-electron chi connectivity index (χ2n) is 11.3. The second kappa shape index (κ2) is 11.8. The molecule has 0 N–H and O–H groups in total. The van der Waals surface area contributed by atoms with Crippen LogP contribution in [0.2, 0.25) is 0 Å².